The lowest BCUT2D eigenvalue weighted by Gasteiger charge is -2.33. The van der Waals surface area contributed by atoms with E-state index < -0.39 is 5.63 Å². The zero-order chi connectivity index (χ0) is 20.2. The molecule has 4 rings (SSSR count). The predicted octanol–water partition coefficient (Wildman–Crippen LogP) is 3.74. The van der Waals surface area contributed by atoms with Gasteiger partial charge in [-0.2, -0.15) is 0 Å². The largest absolute Gasteiger partial charge is 0.427 e. The number of halogens is 2. The van der Waals surface area contributed by atoms with Crippen LogP contribution in [0.25, 0.3) is 0 Å². The molecule has 8 heteroatoms. The van der Waals surface area contributed by atoms with Gasteiger partial charge in [-0.1, -0.05) is 19.3 Å². The quantitative estimate of drug-likeness (QED) is 0.723. The summed E-state index contributed by atoms with van der Waals surface area (Å²) in [6.07, 6.45) is 9.66. The Kier molecular flexibility index (Phi) is 10.3. The van der Waals surface area contributed by atoms with E-state index in [2.05, 4.69) is 10.2 Å². The number of carbonyl (C=O) groups is 1. The van der Waals surface area contributed by atoms with Crippen molar-refractivity contribution >= 4 is 30.7 Å². The Morgan fingerprint density at radius 2 is 1.77 bits per heavy atom. The van der Waals surface area contributed by atoms with Gasteiger partial charge in [-0.25, -0.2) is 4.79 Å². The summed E-state index contributed by atoms with van der Waals surface area (Å²) in [5.41, 5.74) is 0.507. The predicted molar refractivity (Wildman–Crippen MR) is 128 cm³/mol. The SMILES string of the molecule is Cc1cc(C2CCCNC2)oc(=O)c1C(=O)N1CCCN(C2CCCCC2)CC1.Cl.Cl. The van der Waals surface area contributed by atoms with Crippen molar-refractivity contribution in [1.29, 1.82) is 0 Å². The van der Waals surface area contributed by atoms with Crippen LogP contribution in [0, 0.1) is 6.92 Å². The molecule has 3 heterocycles. The molecule has 176 valence electrons. The van der Waals surface area contributed by atoms with E-state index in [0.29, 0.717) is 12.6 Å². The van der Waals surface area contributed by atoms with Gasteiger partial charge >= 0.3 is 5.63 Å². The molecule has 6 nitrogen and oxygen atoms in total. The first-order valence-corrected chi connectivity index (χ1v) is 11.5. The number of nitrogens with zero attached hydrogens (tertiary/aromatic N) is 2. The maximum Gasteiger partial charge on any atom is 0.349 e. The van der Waals surface area contributed by atoms with Crippen LogP contribution in [0.2, 0.25) is 0 Å². The second-order valence-electron chi connectivity index (χ2n) is 9.01. The molecular weight excluding hydrogens is 437 g/mol. The third-order valence-electron chi connectivity index (χ3n) is 6.99. The molecule has 0 spiro atoms. The van der Waals surface area contributed by atoms with Crippen LogP contribution < -0.4 is 10.9 Å². The number of rotatable bonds is 3. The molecule has 31 heavy (non-hydrogen) atoms. The smallest absolute Gasteiger partial charge is 0.349 e. The number of hydrogen-bond donors (Lipinski definition) is 1. The Morgan fingerprint density at radius 3 is 2.45 bits per heavy atom. The van der Waals surface area contributed by atoms with Crippen LogP contribution in [-0.2, 0) is 0 Å². The first kappa shape index (κ1) is 26.2. The van der Waals surface area contributed by atoms with Gasteiger partial charge in [-0.3, -0.25) is 9.69 Å². The fraction of sp³-hybridized carbons (Fsp3) is 0.739. The van der Waals surface area contributed by atoms with Gasteiger partial charge in [0, 0.05) is 44.7 Å². The monoisotopic (exact) mass is 473 g/mol. The zero-order valence-electron chi connectivity index (χ0n) is 18.6. The molecule has 1 aromatic rings. The van der Waals surface area contributed by atoms with Gasteiger partial charge in [-0.05, 0) is 57.2 Å². The van der Waals surface area contributed by atoms with Crippen molar-refractivity contribution in [3.8, 4) is 0 Å². The molecule has 1 amide bonds. The summed E-state index contributed by atoms with van der Waals surface area (Å²) in [5.74, 6) is 0.784. The molecule has 1 aromatic heterocycles. The molecule has 2 saturated heterocycles. The Balaban J connectivity index is 0.00000171. The maximum absolute atomic E-state index is 13.2. The highest BCUT2D eigenvalue weighted by atomic mass is 35.5. The first-order chi connectivity index (χ1) is 14.1. The van der Waals surface area contributed by atoms with Crippen molar-refractivity contribution in [2.24, 2.45) is 0 Å². The van der Waals surface area contributed by atoms with Crippen molar-refractivity contribution in [2.75, 3.05) is 39.3 Å². The normalized spacial score (nSPS) is 23.4. The summed E-state index contributed by atoms with van der Waals surface area (Å²) in [6, 6.07) is 2.59. The van der Waals surface area contributed by atoms with Gasteiger partial charge < -0.3 is 14.6 Å². The minimum atomic E-state index is -0.469. The van der Waals surface area contributed by atoms with Gasteiger partial charge in [0.05, 0.1) is 0 Å². The molecule has 1 saturated carbocycles. The van der Waals surface area contributed by atoms with E-state index in [-0.39, 0.29) is 42.2 Å². The van der Waals surface area contributed by atoms with Crippen molar-refractivity contribution in [1.82, 2.24) is 15.1 Å². The average molecular weight is 474 g/mol. The molecule has 1 unspecified atom stereocenters. The molecule has 2 aliphatic heterocycles. The molecule has 1 aliphatic carbocycles. The number of amides is 1. The highest BCUT2D eigenvalue weighted by Gasteiger charge is 2.29. The zero-order valence-corrected chi connectivity index (χ0v) is 20.2. The molecule has 1 atom stereocenters. The van der Waals surface area contributed by atoms with Gasteiger partial charge in [0.1, 0.15) is 11.3 Å². The van der Waals surface area contributed by atoms with Crippen LogP contribution in [0.3, 0.4) is 0 Å². The highest BCUT2D eigenvalue weighted by molar-refractivity contribution is 5.95. The standard InChI is InChI=1S/C23H35N3O3.2ClH/c1-17-15-20(18-7-5-10-24-16-18)29-23(28)21(17)22(27)26-12-6-11-25(13-14-26)19-8-3-2-4-9-19;;/h15,18-19,24H,2-14,16H2,1H3;2*1H. The molecule has 0 radical (unpaired) electrons. The third kappa shape index (κ3) is 6.25. The van der Waals surface area contributed by atoms with Crippen molar-refractivity contribution in [3.63, 3.8) is 0 Å². The van der Waals surface area contributed by atoms with Crippen LogP contribution in [0.5, 0.6) is 0 Å². The molecule has 0 bridgehead atoms. The van der Waals surface area contributed by atoms with Crippen molar-refractivity contribution < 1.29 is 9.21 Å². The molecule has 3 fully saturated rings. The molecule has 3 aliphatic rings. The molecule has 1 N–H and O–H groups in total. The second-order valence-corrected chi connectivity index (χ2v) is 9.01. The summed E-state index contributed by atoms with van der Waals surface area (Å²) >= 11 is 0. The summed E-state index contributed by atoms with van der Waals surface area (Å²) in [7, 11) is 0. The fourth-order valence-corrected chi connectivity index (χ4v) is 5.30. The lowest BCUT2D eigenvalue weighted by molar-refractivity contribution is 0.0749. The second kappa shape index (κ2) is 12.2. The topological polar surface area (TPSA) is 65.8 Å². The van der Waals surface area contributed by atoms with Gasteiger partial charge in [0.25, 0.3) is 5.91 Å². The summed E-state index contributed by atoms with van der Waals surface area (Å²) in [6.45, 7) is 7.10. The van der Waals surface area contributed by atoms with Gasteiger partial charge in [0.15, 0.2) is 0 Å². The number of piperidine rings is 1. The van der Waals surface area contributed by atoms with Crippen LogP contribution in [0.4, 0.5) is 0 Å². The van der Waals surface area contributed by atoms with E-state index in [1.807, 2.05) is 17.9 Å². The Morgan fingerprint density at radius 1 is 1.00 bits per heavy atom. The number of carbonyl (C=O) groups excluding carboxylic acids is 1. The lowest BCUT2D eigenvalue weighted by Crippen LogP contribution is -2.41. The van der Waals surface area contributed by atoms with E-state index in [0.717, 1.165) is 63.3 Å². The van der Waals surface area contributed by atoms with Crippen LogP contribution in [-0.4, -0.2) is 61.0 Å². The lowest BCUT2D eigenvalue weighted by atomic mass is 9.94. The maximum atomic E-state index is 13.2. The van der Waals surface area contributed by atoms with Crippen molar-refractivity contribution in [3.05, 3.63) is 33.4 Å². The van der Waals surface area contributed by atoms with Crippen LogP contribution in [0.1, 0.15) is 79.0 Å². The van der Waals surface area contributed by atoms with Gasteiger partial charge in [0.2, 0.25) is 0 Å². The first-order valence-electron chi connectivity index (χ1n) is 11.5. The molecular formula is C23H37Cl2N3O3. The van der Waals surface area contributed by atoms with E-state index in [1.54, 1.807) is 0 Å². The van der Waals surface area contributed by atoms with E-state index in [4.69, 9.17) is 4.42 Å². The van der Waals surface area contributed by atoms with Crippen LogP contribution >= 0.6 is 24.8 Å². The van der Waals surface area contributed by atoms with E-state index in [9.17, 15) is 9.59 Å². The Bertz CT molecular complexity index is 774. The average Bonchev–Trinajstić information content (AvgIpc) is 3.01. The highest BCUT2D eigenvalue weighted by Crippen LogP contribution is 2.25. The van der Waals surface area contributed by atoms with Crippen LogP contribution in [0.15, 0.2) is 15.3 Å². The summed E-state index contributed by atoms with van der Waals surface area (Å²) in [4.78, 5) is 30.4. The molecule has 0 aromatic carbocycles. The van der Waals surface area contributed by atoms with Crippen molar-refractivity contribution in [2.45, 2.75) is 70.3 Å². The van der Waals surface area contributed by atoms with E-state index >= 15 is 0 Å². The summed E-state index contributed by atoms with van der Waals surface area (Å²) < 4.78 is 5.63. The summed E-state index contributed by atoms with van der Waals surface area (Å²) in [5, 5.41) is 3.36. The minimum Gasteiger partial charge on any atom is -0.427 e. The number of nitrogens with one attached hydrogen (secondary N) is 1. The third-order valence-corrected chi connectivity index (χ3v) is 6.99. The van der Waals surface area contributed by atoms with E-state index in [1.165, 1.54) is 32.1 Å². The minimum absolute atomic E-state index is 0. The number of hydrogen-bond acceptors (Lipinski definition) is 5. The fourth-order valence-electron chi connectivity index (χ4n) is 5.30. The number of aryl methyl sites for hydroxylation is 1. The Hall–Kier alpha value is -1.08. The van der Waals surface area contributed by atoms with Gasteiger partial charge in [-0.15, -0.1) is 24.8 Å². The Labute approximate surface area is 197 Å².